The fourth-order valence-electron chi connectivity index (χ4n) is 3.50. The number of H-pyrrole nitrogens is 1. The van der Waals surface area contributed by atoms with Gasteiger partial charge in [-0.05, 0) is 56.4 Å². The average molecular weight is 435 g/mol. The van der Waals surface area contributed by atoms with Crippen molar-refractivity contribution in [3.8, 4) is 11.5 Å². The van der Waals surface area contributed by atoms with E-state index in [1.165, 1.54) is 4.68 Å². The molecule has 2 aromatic carbocycles. The lowest BCUT2D eigenvalue weighted by Crippen LogP contribution is -2.15. The molecule has 32 heavy (non-hydrogen) atoms. The van der Waals surface area contributed by atoms with Gasteiger partial charge >= 0.3 is 0 Å². The maximum atomic E-state index is 13.4. The fraction of sp³-hybridized carbons (Fsp3) is 0.304. The predicted octanol–water partition coefficient (Wildman–Crippen LogP) is 2.02. The number of hydrogen-bond acceptors (Lipinski definition) is 7. The van der Waals surface area contributed by atoms with Crippen LogP contribution in [0.25, 0.3) is 21.9 Å². The van der Waals surface area contributed by atoms with Crippen LogP contribution in [0, 0.1) is 0 Å². The van der Waals surface area contributed by atoms with Gasteiger partial charge in [0, 0.05) is 6.54 Å². The number of fused-ring (bicyclic) bond motifs is 2. The van der Waals surface area contributed by atoms with Crippen LogP contribution in [0.1, 0.15) is 12.0 Å². The Hall–Kier alpha value is -3.72. The number of methoxy groups -OCH3 is 1. The smallest absolute Gasteiger partial charge is 0.278 e. The molecule has 9 nitrogen and oxygen atoms in total. The highest BCUT2D eigenvalue weighted by Gasteiger charge is 2.15. The van der Waals surface area contributed by atoms with Crippen LogP contribution in [-0.4, -0.2) is 59.2 Å². The molecule has 4 aromatic rings. The molecule has 0 saturated carbocycles. The van der Waals surface area contributed by atoms with Gasteiger partial charge in [0.15, 0.2) is 5.52 Å². The van der Waals surface area contributed by atoms with Gasteiger partial charge in [-0.2, -0.15) is 0 Å². The molecule has 0 unspecified atom stereocenters. The predicted molar refractivity (Wildman–Crippen MR) is 123 cm³/mol. The molecule has 4 rings (SSSR count). The zero-order valence-corrected chi connectivity index (χ0v) is 18.3. The Morgan fingerprint density at radius 3 is 2.53 bits per heavy atom. The molecule has 0 aliphatic carbocycles. The second-order valence-electron chi connectivity index (χ2n) is 7.79. The van der Waals surface area contributed by atoms with Gasteiger partial charge in [0.25, 0.3) is 5.56 Å². The van der Waals surface area contributed by atoms with E-state index < -0.39 is 5.56 Å². The van der Waals surface area contributed by atoms with Crippen LogP contribution in [0.3, 0.4) is 0 Å². The summed E-state index contributed by atoms with van der Waals surface area (Å²) in [6, 6.07) is 12.5. The van der Waals surface area contributed by atoms with E-state index in [9.17, 15) is 9.59 Å². The van der Waals surface area contributed by atoms with Gasteiger partial charge in [0.1, 0.15) is 17.0 Å². The number of nitrogens with zero attached hydrogens (tertiary/aromatic N) is 4. The molecule has 0 atom stereocenters. The Morgan fingerprint density at radius 2 is 1.81 bits per heavy atom. The van der Waals surface area contributed by atoms with E-state index in [1.807, 2.05) is 38.4 Å². The highest BCUT2D eigenvalue weighted by molar-refractivity contribution is 5.87. The molecule has 0 aliphatic heterocycles. The zero-order chi connectivity index (χ0) is 22.7. The molecule has 1 N–H and O–H groups in total. The van der Waals surface area contributed by atoms with E-state index in [0.717, 1.165) is 24.3 Å². The molecule has 0 bridgehead atoms. The largest absolute Gasteiger partial charge is 0.497 e. The Balaban J connectivity index is 1.75. The summed E-state index contributed by atoms with van der Waals surface area (Å²) in [6.07, 6.45) is 0.859. The SMILES string of the molecule is COc1ccc(Cn2nnc3c(=O)[nH]c4ccc(OCCCN(C)C)cc4c(=O)c32)cc1. The third kappa shape index (κ3) is 4.47. The van der Waals surface area contributed by atoms with Crippen LogP contribution < -0.4 is 20.5 Å². The van der Waals surface area contributed by atoms with Crippen LogP contribution in [0.4, 0.5) is 0 Å². The molecule has 2 aromatic heterocycles. The number of benzene rings is 2. The van der Waals surface area contributed by atoms with Crippen molar-refractivity contribution < 1.29 is 9.47 Å². The Bertz CT molecular complexity index is 1360. The Labute approximate surface area is 184 Å². The van der Waals surface area contributed by atoms with Crippen molar-refractivity contribution in [3.63, 3.8) is 0 Å². The number of nitrogens with one attached hydrogen (secondary N) is 1. The molecule has 0 radical (unpaired) electrons. The molecule has 0 saturated heterocycles. The lowest BCUT2D eigenvalue weighted by molar-refractivity contribution is 0.282. The summed E-state index contributed by atoms with van der Waals surface area (Å²) in [7, 11) is 5.61. The molecular formula is C23H25N5O4. The maximum absolute atomic E-state index is 13.4. The van der Waals surface area contributed by atoms with Gasteiger partial charge in [-0.1, -0.05) is 17.3 Å². The van der Waals surface area contributed by atoms with Gasteiger partial charge < -0.3 is 19.4 Å². The van der Waals surface area contributed by atoms with Crippen molar-refractivity contribution in [2.24, 2.45) is 0 Å². The standard InChI is InChI=1S/C23H25N5O4/c1-27(2)11-4-12-32-17-9-10-19-18(13-17)22(29)21-20(23(30)24-19)25-26-28(21)14-15-5-7-16(31-3)8-6-15/h5-10,13H,4,11-12,14H2,1-3H3,(H,24,30). The van der Waals surface area contributed by atoms with E-state index in [4.69, 9.17) is 9.47 Å². The van der Waals surface area contributed by atoms with E-state index in [0.29, 0.717) is 29.8 Å². The summed E-state index contributed by atoms with van der Waals surface area (Å²) in [5.41, 5.74) is 0.692. The van der Waals surface area contributed by atoms with Crippen molar-refractivity contribution >= 4 is 21.9 Å². The van der Waals surface area contributed by atoms with Crippen molar-refractivity contribution in [1.82, 2.24) is 24.9 Å². The zero-order valence-electron chi connectivity index (χ0n) is 18.3. The molecule has 0 amide bonds. The molecule has 0 fully saturated rings. The summed E-state index contributed by atoms with van der Waals surface area (Å²) < 4.78 is 12.5. The van der Waals surface area contributed by atoms with Gasteiger partial charge in [-0.25, -0.2) is 4.68 Å². The van der Waals surface area contributed by atoms with Crippen LogP contribution in [0.5, 0.6) is 11.5 Å². The van der Waals surface area contributed by atoms with E-state index in [2.05, 4.69) is 20.2 Å². The van der Waals surface area contributed by atoms with Crippen molar-refractivity contribution in [2.75, 3.05) is 34.4 Å². The molecule has 0 aliphatic rings. The van der Waals surface area contributed by atoms with E-state index >= 15 is 0 Å². The van der Waals surface area contributed by atoms with Gasteiger partial charge in [0.05, 0.1) is 31.2 Å². The first kappa shape index (κ1) is 21.5. The number of aromatic nitrogens is 4. The second-order valence-corrected chi connectivity index (χ2v) is 7.79. The third-order valence-corrected chi connectivity index (χ3v) is 5.16. The van der Waals surface area contributed by atoms with Crippen molar-refractivity contribution in [3.05, 3.63) is 68.6 Å². The summed E-state index contributed by atoms with van der Waals surface area (Å²) >= 11 is 0. The lowest BCUT2D eigenvalue weighted by atomic mass is 10.2. The van der Waals surface area contributed by atoms with Gasteiger partial charge in [-0.15, -0.1) is 5.10 Å². The Morgan fingerprint density at radius 1 is 1.06 bits per heavy atom. The summed E-state index contributed by atoms with van der Waals surface area (Å²) in [6.45, 7) is 1.72. The number of rotatable bonds is 8. The van der Waals surface area contributed by atoms with Crippen LogP contribution in [-0.2, 0) is 6.54 Å². The van der Waals surface area contributed by atoms with E-state index in [-0.39, 0.29) is 16.5 Å². The molecule has 2 heterocycles. The van der Waals surface area contributed by atoms with Gasteiger partial charge in [-0.3, -0.25) is 9.59 Å². The first-order chi connectivity index (χ1) is 15.5. The van der Waals surface area contributed by atoms with Crippen LogP contribution in [0.15, 0.2) is 52.1 Å². The summed E-state index contributed by atoms with van der Waals surface area (Å²) in [5.74, 6) is 1.30. The van der Waals surface area contributed by atoms with Crippen LogP contribution >= 0.6 is 0 Å². The van der Waals surface area contributed by atoms with E-state index in [1.54, 1.807) is 25.3 Å². The lowest BCUT2D eigenvalue weighted by Gasteiger charge is -2.10. The molecule has 166 valence electrons. The number of aromatic amines is 1. The van der Waals surface area contributed by atoms with Gasteiger partial charge in [0.2, 0.25) is 5.43 Å². The first-order valence-corrected chi connectivity index (χ1v) is 10.3. The number of ether oxygens (including phenoxy) is 2. The first-order valence-electron chi connectivity index (χ1n) is 10.3. The second kappa shape index (κ2) is 9.19. The normalized spacial score (nSPS) is 11.4. The highest BCUT2D eigenvalue weighted by Crippen LogP contribution is 2.18. The topological polar surface area (TPSA) is 102 Å². The number of hydrogen-bond donors (Lipinski definition) is 1. The quantitative estimate of drug-likeness (QED) is 0.423. The minimum absolute atomic E-state index is 0.00756. The van der Waals surface area contributed by atoms with Crippen molar-refractivity contribution in [1.29, 1.82) is 0 Å². The third-order valence-electron chi connectivity index (χ3n) is 5.16. The maximum Gasteiger partial charge on any atom is 0.278 e. The van der Waals surface area contributed by atoms with Crippen molar-refractivity contribution in [2.45, 2.75) is 13.0 Å². The molecule has 9 heteroatoms. The molecule has 0 spiro atoms. The van der Waals surface area contributed by atoms with Crippen LogP contribution in [0.2, 0.25) is 0 Å². The average Bonchev–Trinajstić information content (AvgIpc) is 3.16. The molecular weight excluding hydrogens is 410 g/mol. The summed E-state index contributed by atoms with van der Waals surface area (Å²) in [4.78, 5) is 31.0. The summed E-state index contributed by atoms with van der Waals surface area (Å²) in [5, 5.41) is 8.40. The minimum atomic E-state index is -0.465. The Kier molecular flexibility index (Phi) is 6.18. The highest BCUT2D eigenvalue weighted by atomic mass is 16.5. The minimum Gasteiger partial charge on any atom is -0.497 e. The fourth-order valence-corrected chi connectivity index (χ4v) is 3.50. The monoisotopic (exact) mass is 435 g/mol.